The molecule has 0 aliphatic heterocycles. The van der Waals surface area contributed by atoms with Crippen molar-refractivity contribution in [1.82, 2.24) is 5.32 Å². The zero-order valence-electron chi connectivity index (χ0n) is 13.3. The second-order valence-corrected chi connectivity index (χ2v) is 6.93. The number of ether oxygens (including phenoxy) is 1. The van der Waals surface area contributed by atoms with Gasteiger partial charge in [0.15, 0.2) is 0 Å². The number of amides is 1. The van der Waals surface area contributed by atoms with Crippen LogP contribution in [0.4, 0.5) is 0 Å². The van der Waals surface area contributed by atoms with E-state index in [0.717, 1.165) is 10.0 Å². The van der Waals surface area contributed by atoms with Crippen LogP contribution in [0.2, 0.25) is 0 Å². The highest BCUT2D eigenvalue weighted by Gasteiger charge is 2.13. The predicted octanol–water partition coefficient (Wildman–Crippen LogP) is 3.50. The highest BCUT2D eigenvalue weighted by molar-refractivity contribution is 9.10. The van der Waals surface area contributed by atoms with Crippen LogP contribution in [0.15, 0.2) is 53.0 Å². The Morgan fingerprint density at radius 3 is 2.65 bits per heavy atom. The van der Waals surface area contributed by atoms with E-state index >= 15 is 0 Å². The van der Waals surface area contributed by atoms with Crippen LogP contribution < -0.4 is 15.8 Å². The van der Waals surface area contributed by atoms with E-state index < -0.39 is 5.54 Å². The lowest BCUT2D eigenvalue weighted by Gasteiger charge is -2.19. The number of carbonyl (C=O) groups excluding carboxylic acids is 1. The third-order valence-corrected chi connectivity index (χ3v) is 3.93. The van der Waals surface area contributed by atoms with Gasteiger partial charge in [-0.3, -0.25) is 4.79 Å². The minimum absolute atomic E-state index is 0.158. The summed E-state index contributed by atoms with van der Waals surface area (Å²) < 4.78 is 6.77. The number of carbonyl (C=O) groups is 1. The molecule has 0 unspecified atom stereocenters. The standard InChI is InChI=1S/C18H21BrN2O2/c1-18(2,20)12-21-17(22)13-7-5-8-15(10-13)23-11-14-6-3-4-9-16(14)19/h3-10H,11-12,20H2,1-2H3,(H,21,22). The fraction of sp³-hybridized carbons (Fsp3) is 0.278. The van der Waals surface area contributed by atoms with Crippen LogP contribution in [0.3, 0.4) is 0 Å². The lowest BCUT2D eigenvalue weighted by atomic mass is 10.1. The van der Waals surface area contributed by atoms with E-state index in [0.29, 0.717) is 24.5 Å². The number of hydrogen-bond acceptors (Lipinski definition) is 3. The molecule has 23 heavy (non-hydrogen) atoms. The summed E-state index contributed by atoms with van der Waals surface area (Å²) in [5, 5.41) is 2.82. The van der Waals surface area contributed by atoms with E-state index in [1.165, 1.54) is 0 Å². The molecule has 0 atom stereocenters. The second kappa shape index (κ2) is 7.62. The number of hydrogen-bond donors (Lipinski definition) is 2. The number of rotatable bonds is 6. The Bertz CT molecular complexity index is 681. The zero-order chi connectivity index (χ0) is 16.9. The molecule has 3 N–H and O–H groups in total. The Kier molecular flexibility index (Phi) is 5.80. The van der Waals surface area contributed by atoms with Crippen molar-refractivity contribution < 1.29 is 9.53 Å². The van der Waals surface area contributed by atoms with Crippen LogP contribution in [0, 0.1) is 0 Å². The van der Waals surface area contributed by atoms with Gasteiger partial charge in [-0.1, -0.05) is 40.2 Å². The van der Waals surface area contributed by atoms with Crippen molar-refractivity contribution in [2.24, 2.45) is 5.73 Å². The minimum Gasteiger partial charge on any atom is -0.489 e. The van der Waals surface area contributed by atoms with Gasteiger partial charge in [-0.25, -0.2) is 0 Å². The highest BCUT2D eigenvalue weighted by atomic mass is 79.9. The fourth-order valence-electron chi connectivity index (χ4n) is 1.91. The third kappa shape index (κ3) is 5.69. The van der Waals surface area contributed by atoms with Crippen LogP contribution >= 0.6 is 15.9 Å². The molecule has 5 heteroatoms. The molecule has 2 aromatic rings. The van der Waals surface area contributed by atoms with Gasteiger partial charge in [-0.05, 0) is 38.1 Å². The number of halogens is 1. The van der Waals surface area contributed by atoms with Crippen LogP contribution in [0.25, 0.3) is 0 Å². The third-order valence-electron chi connectivity index (χ3n) is 3.15. The Hall–Kier alpha value is -1.85. The first kappa shape index (κ1) is 17.5. The van der Waals surface area contributed by atoms with Gasteiger partial charge in [0.05, 0.1) is 0 Å². The molecule has 2 rings (SSSR count). The van der Waals surface area contributed by atoms with Gasteiger partial charge in [-0.15, -0.1) is 0 Å². The summed E-state index contributed by atoms with van der Waals surface area (Å²) >= 11 is 3.49. The number of nitrogens with two attached hydrogens (primary N) is 1. The average Bonchev–Trinajstić information content (AvgIpc) is 2.51. The number of nitrogens with one attached hydrogen (secondary N) is 1. The van der Waals surface area contributed by atoms with E-state index in [-0.39, 0.29) is 5.91 Å². The summed E-state index contributed by atoms with van der Waals surface area (Å²) in [7, 11) is 0. The fourth-order valence-corrected chi connectivity index (χ4v) is 2.31. The summed E-state index contributed by atoms with van der Waals surface area (Å²) in [5.74, 6) is 0.496. The van der Waals surface area contributed by atoms with E-state index in [9.17, 15) is 4.79 Å². The largest absolute Gasteiger partial charge is 0.489 e. The lowest BCUT2D eigenvalue weighted by Crippen LogP contribution is -2.45. The van der Waals surface area contributed by atoms with Crippen molar-refractivity contribution in [3.63, 3.8) is 0 Å². The quantitative estimate of drug-likeness (QED) is 0.810. The molecule has 0 aliphatic carbocycles. The van der Waals surface area contributed by atoms with Crippen molar-refractivity contribution in [3.8, 4) is 5.75 Å². The molecule has 0 spiro atoms. The van der Waals surface area contributed by atoms with Crippen molar-refractivity contribution in [2.45, 2.75) is 26.0 Å². The summed E-state index contributed by atoms with van der Waals surface area (Å²) in [4.78, 5) is 12.1. The molecule has 0 fully saturated rings. The van der Waals surface area contributed by atoms with E-state index in [1.54, 1.807) is 18.2 Å². The van der Waals surface area contributed by atoms with Gasteiger partial charge in [-0.2, -0.15) is 0 Å². The van der Waals surface area contributed by atoms with E-state index in [1.807, 2.05) is 44.2 Å². The van der Waals surface area contributed by atoms with Gasteiger partial charge in [0.2, 0.25) is 0 Å². The van der Waals surface area contributed by atoms with Gasteiger partial charge in [0, 0.05) is 27.7 Å². The molecule has 0 aromatic heterocycles. The smallest absolute Gasteiger partial charge is 0.251 e. The van der Waals surface area contributed by atoms with Gasteiger partial charge < -0.3 is 15.8 Å². The molecule has 0 bridgehead atoms. The maximum absolute atomic E-state index is 12.1. The van der Waals surface area contributed by atoms with E-state index in [2.05, 4.69) is 21.2 Å². The van der Waals surface area contributed by atoms with Crippen molar-refractivity contribution in [2.75, 3.05) is 6.54 Å². The summed E-state index contributed by atoms with van der Waals surface area (Å²) in [6.45, 7) is 4.57. The second-order valence-electron chi connectivity index (χ2n) is 6.08. The Morgan fingerprint density at radius 1 is 1.22 bits per heavy atom. The summed E-state index contributed by atoms with van der Waals surface area (Å²) in [6.07, 6.45) is 0. The molecule has 0 aliphatic rings. The molecule has 4 nitrogen and oxygen atoms in total. The van der Waals surface area contributed by atoms with Gasteiger partial charge >= 0.3 is 0 Å². The Morgan fingerprint density at radius 2 is 1.96 bits per heavy atom. The van der Waals surface area contributed by atoms with Crippen molar-refractivity contribution in [1.29, 1.82) is 0 Å². The molecule has 1 amide bonds. The average molecular weight is 377 g/mol. The molecule has 0 saturated carbocycles. The highest BCUT2D eigenvalue weighted by Crippen LogP contribution is 2.20. The molecule has 0 heterocycles. The summed E-state index contributed by atoms with van der Waals surface area (Å²) in [6, 6.07) is 15.0. The molecule has 122 valence electrons. The minimum atomic E-state index is -0.441. The van der Waals surface area contributed by atoms with Crippen LogP contribution in [0.1, 0.15) is 29.8 Å². The van der Waals surface area contributed by atoms with E-state index in [4.69, 9.17) is 10.5 Å². The molecular formula is C18H21BrN2O2. The monoisotopic (exact) mass is 376 g/mol. The number of benzene rings is 2. The van der Waals surface area contributed by atoms with Crippen molar-refractivity contribution in [3.05, 3.63) is 64.1 Å². The maximum atomic E-state index is 12.1. The maximum Gasteiger partial charge on any atom is 0.251 e. The van der Waals surface area contributed by atoms with Crippen LogP contribution in [0.5, 0.6) is 5.75 Å². The Balaban J connectivity index is 1.99. The molecule has 0 radical (unpaired) electrons. The first-order chi connectivity index (χ1) is 10.8. The zero-order valence-corrected chi connectivity index (χ0v) is 14.9. The lowest BCUT2D eigenvalue weighted by molar-refractivity contribution is 0.0945. The first-order valence-electron chi connectivity index (χ1n) is 7.38. The van der Waals surface area contributed by atoms with Crippen molar-refractivity contribution >= 4 is 21.8 Å². The Labute approximate surface area is 145 Å². The van der Waals surface area contributed by atoms with Gasteiger partial charge in [0.25, 0.3) is 5.91 Å². The first-order valence-corrected chi connectivity index (χ1v) is 8.18. The van der Waals surface area contributed by atoms with Crippen LogP contribution in [-0.4, -0.2) is 18.0 Å². The predicted molar refractivity (Wildman–Crippen MR) is 95.5 cm³/mol. The summed E-state index contributed by atoms with van der Waals surface area (Å²) in [5.41, 5.74) is 7.04. The normalized spacial score (nSPS) is 11.1. The SMILES string of the molecule is CC(C)(N)CNC(=O)c1cccc(OCc2ccccc2Br)c1. The van der Waals surface area contributed by atoms with Gasteiger partial charge in [0.1, 0.15) is 12.4 Å². The molecule has 2 aromatic carbocycles. The molecule has 0 saturated heterocycles. The molecular weight excluding hydrogens is 356 g/mol. The van der Waals surface area contributed by atoms with Crippen LogP contribution in [-0.2, 0) is 6.61 Å². The topological polar surface area (TPSA) is 64.3 Å².